The number of carboxylic acids is 1. The maximum Gasteiger partial charge on any atom is 0.335 e. The predicted octanol–water partition coefficient (Wildman–Crippen LogP) is 1.69. The van der Waals surface area contributed by atoms with Gasteiger partial charge >= 0.3 is 16.2 Å². The minimum Gasteiger partial charge on any atom is -0.478 e. The van der Waals surface area contributed by atoms with E-state index in [2.05, 4.69) is 4.72 Å². The van der Waals surface area contributed by atoms with Crippen molar-refractivity contribution in [2.24, 2.45) is 0 Å². The van der Waals surface area contributed by atoms with E-state index in [9.17, 15) is 13.2 Å². The highest BCUT2D eigenvalue weighted by Gasteiger charge is 2.20. The van der Waals surface area contributed by atoms with Gasteiger partial charge in [0.05, 0.1) is 11.3 Å². The fourth-order valence-electron chi connectivity index (χ4n) is 1.47. The minimum absolute atomic E-state index is 0.153. The molecule has 0 saturated heterocycles. The lowest BCUT2D eigenvalue weighted by Gasteiger charge is -2.21. The number of rotatable bonds is 5. The maximum atomic E-state index is 12.0. The van der Waals surface area contributed by atoms with Gasteiger partial charge in [0.2, 0.25) is 0 Å². The molecule has 0 aliphatic heterocycles. The van der Waals surface area contributed by atoms with Crippen molar-refractivity contribution in [2.75, 3.05) is 11.8 Å². The van der Waals surface area contributed by atoms with Crippen molar-refractivity contribution in [3.63, 3.8) is 0 Å². The Balaban J connectivity index is 3.02. The molecule has 0 radical (unpaired) electrons. The molecule has 2 N–H and O–H groups in total. The van der Waals surface area contributed by atoms with Crippen molar-refractivity contribution in [1.29, 1.82) is 0 Å². The average Bonchev–Trinajstić information content (AvgIpc) is 2.26. The molecule has 6 nitrogen and oxygen atoms in total. The lowest BCUT2D eigenvalue weighted by molar-refractivity contribution is 0.0696. The number of carbonyl (C=O) groups is 1. The zero-order chi connectivity index (χ0) is 14.8. The lowest BCUT2D eigenvalue weighted by atomic mass is 10.1. The molecule has 19 heavy (non-hydrogen) atoms. The molecule has 0 heterocycles. The first-order valence-corrected chi connectivity index (χ1v) is 7.19. The average molecular weight is 286 g/mol. The number of nitrogens with zero attached hydrogens (tertiary/aromatic N) is 1. The van der Waals surface area contributed by atoms with E-state index in [4.69, 9.17) is 5.11 Å². The Labute approximate surface area is 113 Å². The SMILES string of the molecule is Cc1cc(NS(=O)(=O)N(C)C(C)C)ccc1C(=O)O. The Hall–Kier alpha value is -1.60. The summed E-state index contributed by atoms with van der Waals surface area (Å²) in [5, 5.41) is 8.90. The van der Waals surface area contributed by atoms with E-state index in [0.717, 1.165) is 0 Å². The second kappa shape index (κ2) is 5.58. The van der Waals surface area contributed by atoms with Crippen LogP contribution in [0.3, 0.4) is 0 Å². The van der Waals surface area contributed by atoms with Gasteiger partial charge in [-0.1, -0.05) is 0 Å². The summed E-state index contributed by atoms with van der Waals surface area (Å²) in [6.07, 6.45) is 0. The smallest absolute Gasteiger partial charge is 0.335 e. The van der Waals surface area contributed by atoms with Crippen LogP contribution in [0.1, 0.15) is 29.8 Å². The van der Waals surface area contributed by atoms with Crippen LogP contribution >= 0.6 is 0 Å². The van der Waals surface area contributed by atoms with E-state index >= 15 is 0 Å². The van der Waals surface area contributed by atoms with Crippen LogP contribution in [0.15, 0.2) is 18.2 Å². The molecule has 1 aromatic carbocycles. The third-order valence-corrected chi connectivity index (χ3v) is 4.48. The van der Waals surface area contributed by atoms with Gasteiger partial charge in [-0.25, -0.2) is 4.79 Å². The van der Waals surface area contributed by atoms with E-state index in [1.54, 1.807) is 20.8 Å². The standard InChI is InChI=1S/C12H18N2O4S/c1-8(2)14(4)19(17,18)13-10-5-6-11(12(15)16)9(3)7-10/h5-8,13H,1-4H3,(H,15,16). The number of hydrogen-bond acceptors (Lipinski definition) is 3. The summed E-state index contributed by atoms with van der Waals surface area (Å²) in [7, 11) is -2.15. The minimum atomic E-state index is -3.63. The van der Waals surface area contributed by atoms with Gasteiger partial charge in [-0.15, -0.1) is 0 Å². The topological polar surface area (TPSA) is 86.7 Å². The van der Waals surface area contributed by atoms with Crippen molar-refractivity contribution < 1.29 is 18.3 Å². The monoisotopic (exact) mass is 286 g/mol. The molecule has 0 fully saturated rings. The summed E-state index contributed by atoms with van der Waals surface area (Å²) < 4.78 is 27.6. The first-order chi connectivity index (χ1) is 8.65. The molecule has 0 unspecified atom stereocenters. The fourth-order valence-corrected chi connectivity index (χ4v) is 2.59. The van der Waals surface area contributed by atoms with E-state index in [1.807, 2.05) is 0 Å². The Morgan fingerprint density at radius 1 is 1.37 bits per heavy atom. The number of anilines is 1. The molecule has 0 bridgehead atoms. The second-order valence-corrected chi connectivity index (χ2v) is 6.28. The number of aromatic carboxylic acids is 1. The highest BCUT2D eigenvalue weighted by Crippen LogP contribution is 2.17. The van der Waals surface area contributed by atoms with E-state index < -0.39 is 16.2 Å². The van der Waals surface area contributed by atoms with Gasteiger partial charge in [0.1, 0.15) is 0 Å². The molecule has 7 heteroatoms. The van der Waals surface area contributed by atoms with Gasteiger partial charge in [-0.3, -0.25) is 4.72 Å². The van der Waals surface area contributed by atoms with Crippen molar-refractivity contribution in [1.82, 2.24) is 4.31 Å². The Morgan fingerprint density at radius 2 is 1.95 bits per heavy atom. The van der Waals surface area contributed by atoms with Crippen LogP contribution in [-0.4, -0.2) is 36.9 Å². The van der Waals surface area contributed by atoms with Crippen LogP contribution in [0.25, 0.3) is 0 Å². The van der Waals surface area contributed by atoms with Crippen LogP contribution in [0.5, 0.6) is 0 Å². The number of nitrogens with one attached hydrogen (secondary N) is 1. The molecule has 106 valence electrons. The Bertz CT molecular complexity index is 581. The van der Waals surface area contributed by atoms with Crippen molar-refractivity contribution >= 4 is 21.9 Å². The first-order valence-electron chi connectivity index (χ1n) is 5.75. The third kappa shape index (κ3) is 3.68. The molecule has 0 amide bonds. The van der Waals surface area contributed by atoms with Crippen LogP contribution in [0.2, 0.25) is 0 Å². The first kappa shape index (κ1) is 15.5. The normalized spacial score (nSPS) is 11.9. The molecule has 1 aromatic rings. The molecular weight excluding hydrogens is 268 g/mol. The van der Waals surface area contributed by atoms with Gasteiger partial charge < -0.3 is 5.11 Å². The molecule has 1 rings (SSSR count). The summed E-state index contributed by atoms with van der Waals surface area (Å²) in [6.45, 7) is 5.14. The fraction of sp³-hybridized carbons (Fsp3) is 0.417. The molecule has 0 aromatic heterocycles. The van der Waals surface area contributed by atoms with Crippen LogP contribution in [-0.2, 0) is 10.2 Å². The van der Waals surface area contributed by atoms with Crippen molar-refractivity contribution in [3.05, 3.63) is 29.3 Å². The summed E-state index contributed by atoms with van der Waals surface area (Å²) >= 11 is 0. The summed E-state index contributed by atoms with van der Waals surface area (Å²) in [4.78, 5) is 10.9. The molecule has 0 spiro atoms. The van der Waals surface area contributed by atoms with Crippen molar-refractivity contribution in [3.8, 4) is 0 Å². The third-order valence-electron chi connectivity index (χ3n) is 2.81. The number of benzene rings is 1. The zero-order valence-corrected chi connectivity index (χ0v) is 12.2. The van der Waals surface area contributed by atoms with E-state index in [0.29, 0.717) is 11.3 Å². The number of carboxylic acid groups (broad SMARTS) is 1. The molecular formula is C12H18N2O4S. The van der Waals surface area contributed by atoms with Crippen molar-refractivity contribution in [2.45, 2.75) is 26.8 Å². The maximum absolute atomic E-state index is 12.0. The van der Waals surface area contributed by atoms with Gasteiger partial charge in [-0.2, -0.15) is 12.7 Å². The highest BCUT2D eigenvalue weighted by atomic mass is 32.2. The van der Waals surface area contributed by atoms with Crippen LogP contribution in [0.4, 0.5) is 5.69 Å². The lowest BCUT2D eigenvalue weighted by Crippen LogP contribution is -2.37. The zero-order valence-electron chi connectivity index (χ0n) is 11.3. The second-order valence-electron chi connectivity index (χ2n) is 4.55. The van der Waals surface area contributed by atoms with E-state index in [1.165, 1.54) is 29.6 Å². The molecule has 0 saturated carbocycles. The highest BCUT2D eigenvalue weighted by molar-refractivity contribution is 7.90. The predicted molar refractivity (Wildman–Crippen MR) is 73.6 cm³/mol. The summed E-state index contributed by atoms with van der Waals surface area (Å²) in [5.74, 6) is -1.04. The van der Waals surface area contributed by atoms with Gasteiger partial charge in [-0.05, 0) is 44.5 Å². The molecule has 0 atom stereocenters. The summed E-state index contributed by atoms with van der Waals surface area (Å²) in [6, 6.07) is 4.14. The van der Waals surface area contributed by atoms with E-state index in [-0.39, 0.29) is 11.6 Å². The molecule has 0 aliphatic rings. The van der Waals surface area contributed by atoms with Crippen LogP contribution < -0.4 is 4.72 Å². The Kier molecular flexibility index (Phi) is 4.54. The Morgan fingerprint density at radius 3 is 2.37 bits per heavy atom. The van der Waals surface area contributed by atoms with Crippen LogP contribution in [0, 0.1) is 6.92 Å². The number of hydrogen-bond donors (Lipinski definition) is 2. The van der Waals surface area contributed by atoms with Gasteiger partial charge in [0.25, 0.3) is 0 Å². The quantitative estimate of drug-likeness (QED) is 0.862. The largest absolute Gasteiger partial charge is 0.478 e. The number of aryl methyl sites for hydroxylation is 1. The molecule has 0 aliphatic carbocycles. The van der Waals surface area contributed by atoms with Gasteiger partial charge in [0, 0.05) is 13.1 Å². The van der Waals surface area contributed by atoms with Gasteiger partial charge in [0.15, 0.2) is 0 Å². The summed E-state index contributed by atoms with van der Waals surface area (Å²) in [5.41, 5.74) is 0.995.